The largest absolute Gasteiger partial charge is 0.445 e. The predicted molar refractivity (Wildman–Crippen MR) is 112 cm³/mol. The molecular weight excluding hydrogens is 424 g/mol. The molecule has 0 aliphatic carbocycles. The number of anilines is 2. The summed E-state index contributed by atoms with van der Waals surface area (Å²) in [6.07, 6.45) is -1.15. The smallest absolute Gasteiger partial charge is 0.279 e. The molecule has 2 aliphatic heterocycles. The van der Waals surface area contributed by atoms with Gasteiger partial charge in [0.05, 0.1) is 10.6 Å². The molecule has 31 heavy (non-hydrogen) atoms. The number of nitrogens with zero attached hydrogens (tertiary/aromatic N) is 2. The summed E-state index contributed by atoms with van der Waals surface area (Å²) in [6.45, 7) is 2.67. The van der Waals surface area contributed by atoms with Crippen molar-refractivity contribution in [2.75, 3.05) is 36.8 Å². The Labute approximate surface area is 179 Å². The number of piperazine rings is 1. The van der Waals surface area contributed by atoms with Crippen LogP contribution in [0.4, 0.5) is 11.4 Å². The standard InChI is InChI=1S/C20H22N4O6S/c1-13(25)23-8-10-24(11-9-23)31(28,29)16-5-3-15(4-6-16)21-19(26)14-2-7-18-17(12-14)22-20(27)30-18/h2-7,12,20,22,27H,8-11H2,1H3,(H,21,26). The van der Waals surface area contributed by atoms with Crippen LogP contribution in [0.15, 0.2) is 47.4 Å². The van der Waals surface area contributed by atoms with E-state index in [4.69, 9.17) is 4.74 Å². The van der Waals surface area contributed by atoms with Crippen LogP contribution in [-0.2, 0) is 14.8 Å². The number of hydrogen-bond acceptors (Lipinski definition) is 7. The number of aliphatic hydroxyl groups is 1. The van der Waals surface area contributed by atoms with Gasteiger partial charge in [-0.2, -0.15) is 4.31 Å². The Morgan fingerprint density at radius 2 is 1.77 bits per heavy atom. The van der Waals surface area contributed by atoms with Crippen LogP contribution in [-0.4, -0.2) is 67.1 Å². The van der Waals surface area contributed by atoms with Gasteiger partial charge in [-0.25, -0.2) is 8.42 Å². The van der Waals surface area contributed by atoms with E-state index >= 15 is 0 Å². The van der Waals surface area contributed by atoms with E-state index in [0.717, 1.165) is 0 Å². The van der Waals surface area contributed by atoms with Crippen molar-refractivity contribution in [3.63, 3.8) is 0 Å². The van der Waals surface area contributed by atoms with Crippen molar-refractivity contribution < 1.29 is 27.9 Å². The first kappa shape index (κ1) is 21.1. The van der Waals surface area contributed by atoms with Gasteiger partial charge < -0.3 is 25.4 Å². The van der Waals surface area contributed by atoms with Crippen LogP contribution < -0.4 is 15.4 Å². The van der Waals surface area contributed by atoms with E-state index in [0.29, 0.717) is 35.8 Å². The molecule has 1 atom stereocenters. The van der Waals surface area contributed by atoms with Crippen molar-refractivity contribution >= 4 is 33.2 Å². The summed E-state index contributed by atoms with van der Waals surface area (Å²) in [7, 11) is -3.68. The van der Waals surface area contributed by atoms with Gasteiger partial charge in [0, 0.05) is 44.4 Å². The fourth-order valence-corrected chi connectivity index (χ4v) is 4.90. The SMILES string of the molecule is CC(=O)N1CCN(S(=O)(=O)c2ccc(NC(=O)c3ccc4c(c3)NC(O)O4)cc2)CC1. The zero-order chi connectivity index (χ0) is 22.2. The van der Waals surface area contributed by atoms with Crippen LogP contribution in [0.25, 0.3) is 0 Å². The lowest BCUT2D eigenvalue weighted by Crippen LogP contribution is -2.49. The average molecular weight is 446 g/mol. The summed E-state index contributed by atoms with van der Waals surface area (Å²) in [6, 6.07) is 10.6. The first-order valence-corrected chi connectivity index (χ1v) is 11.1. The Morgan fingerprint density at radius 3 is 2.42 bits per heavy atom. The van der Waals surface area contributed by atoms with Gasteiger partial charge in [-0.15, -0.1) is 0 Å². The highest BCUT2D eigenvalue weighted by atomic mass is 32.2. The molecule has 2 heterocycles. The Balaban J connectivity index is 1.42. The highest BCUT2D eigenvalue weighted by molar-refractivity contribution is 7.89. The number of hydrogen-bond donors (Lipinski definition) is 3. The highest BCUT2D eigenvalue weighted by Gasteiger charge is 2.29. The van der Waals surface area contributed by atoms with Crippen molar-refractivity contribution in [3.8, 4) is 5.75 Å². The number of aliphatic hydroxyl groups excluding tert-OH is 1. The summed E-state index contributed by atoms with van der Waals surface area (Å²) in [4.78, 5) is 25.7. The summed E-state index contributed by atoms with van der Waals surface area (Å²) in [5, 5.41) is 14.8. The number of fused-ring (bicyclic) bond motifs is 1. The van der Waals surface area contributed by atoms with Crippen molar-refractivity contribution in [2.45, 2.75) is 18.2 Å². The lowest BCUT2D eigenvalue weighted by molar-refractivity contribution is -0.129. The minimum atomic E-state index is -3.68. The lowest BCUT2D eigenvalue weighted by Gasteiger charge is -2.33. The molecular formula is C20H22N4O6S. The van der Waals surface area contributed by atoms with Crippen LogP contribution >= 0.6 is 0 Å². The Kier molecular flexibility index (Phi) is 5.56. The predicted octanol–water partition coefficient (Wildman–Crippen LogP) is 0.872. The molecule has 1 fully saturated rings. The van der Waals surface area contributed by atoms with Gasteiger partial charge >= 0.3 is 0 Å². The van der Waals surface area contributed by atoms with E-state index in [2.05, 4.69) is 10.6 Å². The number of sulfonamides is 1. The molecule has 2 aromatic carbocycles. The Hall–Kier alpha value is -3.15. The summed E-state index contributed by atoms with van der Waals surface area (Å²) >= 11 is 0. The number of carbonyl (C=O) groups excluding carboxylic acids is 2. The van der Waals surface area contributed by atoms with Gasteiger partial charge in [0.2, 0.25) is 15.9 Å². The third-order valence-electron chi connectivity index (χ3n) is 5.19. The second-order valence-electron chi connectivity index (χ2n) is 7.21. The molecule has 0 bridgehead atoms. The van der Waals surface area contributed by atoms with Gasteiger partial charge in [-0.05, 0) is 42.5 Å². The average Bonchev–Trinajstić information content (AvgIpc) is 3.13. The molecule has 1 saturated heterocycles. The summed E-state index contributed by atoms with van der Waals surface area (Å²) in [5.41, 5.74) is 1.30. The normalized spacial score (nSPS) is 18.6. The van der Waals surface area contributed by atoms with E-state index in [1.54, 1.807) is 23.1 Å². The maximum atomic E-state index is 12.8. The van der Waals surface area contributed by atoms with Crippen LogP contribution in [0.5, 0.6) is 5.75 Å². The monoisotopic (exact) mass is 446 g/mol. The molecule has 3 N–H and O–H groups in total. The van der Waals surface area contributed by atoms with E-state index in [-0.39, 0.29) is 29.8 Å². The number of amides is 2. The third-order valence-corrected chi connectivity index (χ3v) is 7.11. The fourth-order valence-electron chi connectivity index (χ4n) is 3.48. The van der Waals surface area contributed by atoms with E-state index in [1.165, 1.54) is 35.5 Å². The minimum absolute atomic E-state index is 0.0694. The van der Waals surface area contributed by atoms with Crippen LogP contribution in [0.1, 0.15) is 17.3 Å². The minimum Gasteiger partial charge on any atom is -0.445 e. The number of rotatable bonds is 4. The summed E-state index contributed by atoms with van der Waals surface area (Å²) < 4.78 is 32.2. The third kappa shape index (κ3) is 4.33. The quantitative estimate of drug-likeness (QED) is 0.636. The fraction of sp³-hybridized carbons (Fsp3) is 0.300. The molecule has 0 spiro atoms. The van der Waals surface area contributed by atoms with Crippen molar-refractivity contribution in [3.05, 3.63) is 48.0 Å². The van der Waals surface area contributed by atoms with Gasteiger partial charge in [0.25, 0.3) is 12.3 Å². The molecule has 0 aromatic heterocycles. The molecule has 4 rings (SSSR count). The lowest BCUT2D eigenvalue weighted by atomic mass is 10.1. The number of benzene rings is 2. The Morgan fingerprint density at radius 1 is 1.10 bits per heavy atom. The van der Waals surface area contributed by atoms with Crippen molar-refractivity contribution in [2.24, 2.45) is 0 Å². The van der Waals surface area contributed by atoms with Gasteiger partial charge in [-0.3, -0.25) is 9.59 Å². The number of nitrogens with one attached hydrogen (secondary N) is 2. The molecule has 0 saturated carbocycles. The van der Waals surface area contributed by atoms with Crippen LogP contribution in [0, 0.1) is 0 Å². The van der Waals surface area contributed by atoms with E-state index < -0.39 is 16.4 Å². The van der Waals surface area contributed by atoms with Gasteiger partial charge in [0.1, 0.15) is 5.75 Å². The maximum absolute atomic E-state index is 12.8. The molecule has 1 unspecified atom stereocenters. The van der Waals surface area contributed by atoms with E-state index in [9.17, 15) is 23.1 Å². The molecule has 2 aromatic rings. The first-order valence-electron chi connectivity index (χ1n) is 9.66. The topological polar surface area (TPSA) is 128 Å². The number of ether oxygens (including phenoxy) is 1. The molecule has 2 amide bonds. The zero-order valence-electron chi connectivity index (χ0n) is 16.7. The molecule has 2 aliphatic rings. The van der Waals surface area contributed by atoms with Crippen molar-refractivity contribution in [1.29, 1.82) is 0 Å². The van der Waals surface area contributed by atoms with Crippen LogP contribution in [0.3, 0.4) is 0 Å². The summed E-state index contributed by atoms with van der Waals surface area (Å²) in [5.74, 6) is -0.00954. The van der Waals surface area contributed by atoms with Crippen LogP contribution in [0.2, 0.25) is 0 Å². The van der Waals surface area contributed by atoms with Crippen molar-refractivity contribution in [1.82, 2.24) is 9.21 Å². The maximum Gasteiger partial charge on any atom is 0.279 e. The second kappa shape index (κ2) is 8.17. The molecule has 164 valence electrons. The van der Waals surface area contributed by atoms with Gasteiger partial charge in [-0.1, -0.05) is 0 Å². The zero-order valence-corrected chi connectivity index (χ0v) is 17.6. The van der Waals surface area contributed by atoms with E-state index in [1.807, 2.05) is 0 Å². The number of carbonyl (C=O) groups is 2. The second-order valence-corrected chi connectivity index (χ2v) is 9.15. The van der Waals surface area contributed by atoms with Gasteiger partial charge in [0.15, 0.2) is 0 Å². The first-order chi connectivity index (χ1) is 14.7. The molecule has 0 radical (unpaired) electrons. The highest BCUT2D eigenvalue weighted by Crippen LogP contribution is 2.32. The Bertz CT molecular complexity index is 1110. The molecule has 11 heteroatoms. The molecule has 10 nitrogen and oxygen atoms in total.